The molecule has 0 aromatic heterocycles. The third kappa shape index (κ3) is 2.14. The van der Waals surface area contributed by atoms with Crippen LogP contribution in [0.5, 0.6) is 0 Å². The lowest BCUT2D eigenvalue weighted by Crippen LogP contribution is -2.18. The van der Waals surface area contributed by atoms with Gasteiger partial charge in [0.05, 0.1) is 0 Å². The minimum Gasteiger partial charge on any atom is -0.445 e. The van der Waals surface area contributed by atoms with E-state index in [1.54, 1.807) is 7.05 Å². The Labute approximate surface area is 94.0 Å². The van der Waals surface area contributed by atoms with Crippen molar-refractivity contribution in [2.24, 2.45) is 0 Å². The van der Waals surface area contributed by atoms with Crippen LogP contribution in [0.1, 0.15) is 5.56 Å². The number of hydrogen-bond acceptors (Lipinski definition) is 2. The predicted octanol–water partition coefficient (Wildman–Crippen LogP) is 2.70. The van der Waals surface area contributed by atoms with Crippen LogP contribution in [0.2, 0.25) is 0 Å². The molecule has 0 radical (unpaired) electrons. The van der Waals surface area contributed by atoms with Gasteiger partial charge in [0, 0.05) is 7.05 Å². The molecule has 0 aliphatic heterocycles. The number of carbonyl (C=O) groups excluding carboxylic acids is 1. The van der Waals surface area contributed by atoms with Crippen molar-refractivity contribution >= 4 is 16.9 Å². The molecular weight excluding hydrogens is 202 g/mol. The number of rotatable bonds is 2. The molecule has 2 rings (SSSR count). The van der Waals surface area contributed by atoms with Gasteiger partial charge in [-0.3, -0.25) is 0 Å². The van der Waals surface area contributed by atoms with Gasteiger partial charge in [-0.15, -0.1) is 0 Å². The quantitative estimate of drug-likeness (QED) is 0.836. The summed E-state index contributed by atoms with van der Waals surface area (Å²) in [5, 5.41) is 4.69. The lowest BCUT2D eigenvalue weighted by Gasteiger charge is -2.07. The molecule has 0 aliphatic rings. The molecule has 0 heterocycles. The molecule has 0 aliphatic carbocycles. The van der Waals surface area contributed by atoms with E-state index in [-0.39, 0.29) is 0 Å². The smallest absolute Gasteiger partial charge is 0.407 e. The predicted molar refractivity (Wildman–Crippen MR) is 63.2 cm³/mol. The second-order valence-corrected chi connectivity index (χ2v) is 3.46. The first-order valence-electron chi connectivity index (χ1n) is 5.12. The summed E-state index contributed by atoms with van der Waals surface area (Å²) in [7, 11) is 1.55. The van der Waals surface area contributed by atoms with E-state index in [1.807, 2.05) is 42.5 Å². The number of nitrogens with one attached hydrogen (secondary N) is 1. The van der Waals surface area contributed by atoms with Crippen LogP contribution in [0.25, 0.3) is 10.8 Å². The van der Waals surface area contributed by atoms with Gasteiger partial charge in [0.15, 0.2) is 0 Å². The van der Waals surface area contributed by atoms with Gasteiger partial charge in [0.1, 0.15) is 6.61 Å². The van der Waals surface area contributed by atoms with Gasteiger partial charge >= 0.3 is 6.09 Å². The van der Waals surface area contributed by atoms with Gasteiger partial charge in [0.2, 0.25) is 0 Å². The Kier molecular flexibility index (Phi) is 3.05. The zero-order valence-electron chi connectivity index (χ0n) is 9.07. The van der Waals surface area contributed by atoms with E-state index < -0.39 is 6.09 Å². The van der Waals surface area contributed by atoms with Gasteiger partial charge in [-0.2, -0.15) is 0 Å². The Morgan fingerprint density at radius 3 is 2.75 bits per heavy atom. The second-order valence-electron chi connectivity index (χ2n) is 3.46. The minimum atomic E-state index is -0.409. The van der Waals surface area contributed by atoms with E-state index >= 15 is 0 Å². The maximum atomic E-state index is 11.0. The van der Waals surface area contributed by atoms with Crippen molar-refractivity contribution < 1.29 is 9.53 Å². The number of alkyl carbamates (subject to hydrolysis) is 1. The fraction of sp³-hybridized carbons (Fsp3) is 0.154. The lowest BCUT2D eigenvalue weighted by atomic mass is 10.1. The highest BCUT2D eigenvalue weighted by Crippen LogP contribution is 2.18. The van der Waals surface area contributed by atoms with Crippen LogP contribution < -0.4 is 5.32 Å². The van der Waals surface area contributed by atoms with Crippen LogP contribution in [0.3, 0.4) is 0 Å². The lowest BCUT2D eigenvalue weighted by molar-refractivity contribution is 0.142. The summed E-state index contributed by atoms with van der Waals surface area (Å²) in [5.74, 6) is 0. The molecular formula is C13H13NO2. The van der Waals surface area contributed by atoms with Crippen LogP contribution in [0.15, 0.2) is 42.5 Å². The summed E-state index contributed by atoms with van der Waals surface area (Å²) in [5.41, 5.74) is 1.02. The van der Waals surface area contributed by atoms with Crippen LogP contribution in [-0.4, -0.2) is 13.1 Å². The van der Waals surface area contributed by atoms with Gasteiger partial charge in [-0.05, 0) is 16.3 Å². The Morgan fingerprint density at radius 1 is 1.19 bits per heavy atom. The summed E-state index contributed by atoms with van der Waals surface area (Å²) in [6, 6.07) is 14.0. The first-order valence-corrected chi connectivity index (χ1v) is 5.12. The van der Waals surface area contributed by atoms with Crippen molar-refractivity contribution in [3.63, 3.8) is 0 Å². The third-order valence-electron chi connectivity index (χ3n) is 2.44. The summed E-state index contributed by atoms with van der Waals surface area (Å²) < 4.78 is 5.04. The van der Waals surface area contributed by atoms with Crippen molar-refractivity contribution in [1.29, 1.82) is 0 Å². The minimum absolute atomic E-state index is 0.293. The molecule has 2 aromatic carbocycles. The molecule has 0 spiro atoms. The fourth-order valence-corrected chi connectivity index (χ4v) is 1.63. The maximum Gasteiger partial charge on any atom is 0.407 e. The van der Waals surface area contributed by atoms with E-state index in [0.29, 0.717) is 6.61 Å². The third-order valence-corrected chi connectivity index (χ3v) is 2.44. The van der Waals surface area contributed by atoms with Crippen LogP contribution in [-0.2, 0) is 11.3 Å². The molecule has 1 N–H and O–H groups in total. The van der Waals surface area contributed by atoms with Crippen LogP contribution in [0.4, 0.5) is 4.79 Å². The SMILES string of the molecule is CNC(=O)OCc1cccc2ccccc12. The molecule has 0 atom stereocenters. The molecule has 0 unspecified atom stereocenters. The van der Waals surface area contributed by atoms with E-state index in [2.05, 4.69) is 5.32 Å². The molecule has 16 heavy (non-hydrogen) atoms. The van der Waals surface area contributed by atoms with Crippen molar-refractivity contribution in [1.82, 2.24) is 5.32 Å². The number of hydrogen-bond donors (Lipinski definition) is 1. The monoisotopic (exact) mass is 215 g/mol. The molecule has 3 heteroatoms. The second kappa shape index (κ2) is 4.66. The first kappa shape index (κ1) is 10.5. The summed E-state index contributed by atoms with van der Waals surface area (Å²) in [6.45, 7) is 0.293. The van der Waals surface area contributed by atoms with Gasteiger partial charge in [-0.1, -0.05) is 42.5 Å². The number of ether oxygens (including phenoxy) is 1. The Morgan fingerprint density at radius 2 is 1.94 bits per heavy atom. The Hall–Kier alpha value is -2.03. The van der Waals surface area contributed by atoms with Crippen molar-refractivity contribution in [3.05, 3.63) is 48.0 Å². The van der Waals surface area contributed by atoms with Gasteiger partial charge in [0.25, 0.3) is 0 Å². The molecule has 82 valence electrons. The van der Waals surface area contributed by atoms with Crippen molar-refractivity contribution in [2.75, 3.05) is 7.05 Å². The average molecular weight is 215 g/mol. The highest BCUT2D eigenvalue weighted by molar-refractivity contribution is 5.85. The molecule has 3 nitrogen and oxygen atoms in total. The first-order chi connectivity index (χ1) is 7.81. The van der Waals surface area contributed by atoms with E-state index in [1.165, 1.54) is 0 Å². The summed E-state index contributed by atoms with van der Waals surface area (Å²) >= 11 is 0. The largest absolute Gasteiger partial charge is 0.445 e. The number of amides is 1. The number of fused-ring (bicyclic) bond motifs is 1. The normalized spacial score (nSPS) is 10.1. The highest BCUT2D eigenvalue weighted by Gasteiger charge is 2.02. The Bertz CT molecular complexity index is 503. The summed E-state index contributed by atoms with van der Waals surface area (Å²) in [6.07, 6.45) is -0.409. The number of carbonyl (C=O) groups is 1. The van der Waals surface area contributed by atoms with E-state index in [9.17, 15) is 4.79 Å². The molecule has 2 aromatic rings. The zero-order chi connectivity index (χ0) is 11.4. The summed E-state index contributed by atoms with van der Waals surface area (Å²) in [4.78, 5) is 11.0. The van der Waals surface area contributed by atoms with E-state index in [0.717, 1.165) is 16.3 Å². The zero-order valence-corrected chi connectivity index (χ0v) is 9.07. The van der Waals surface area contributed by atoms with Gasteiger partial charge in [-0.25, -0.2) is 4.79 Å². The van der Waals surface area contributed by atoms with E-state index in [4.69, 9.17) is 4.74 Å². The van der Waals surface area contributed by atoms with Gasteiger partial charge < -0.3 is 10.1 Å². The van der Waals surface area contributed by atoms with Crippen LogP contribution in [0, 0.1) is 0 Å². The molecule has 0 saturated heterocycles. The maximum absolute atomic E-state index is 11.0. The van der Waals surface area contributed by atoms with Crippen molar-refractivity contribution in [2.45, 2.75) is 6.61 Å². The number of benzene rings is 2. The fourth-order valence-electron chi connectivity index (χ4n) is 1.63. The van der Waals surface area contributed by atoms with Crippen molar-refractivity contribution in [3.8, 4) is 0 Å². The van der Waals surface area contributed by atoms with Crippen LogP contribution >= 0.6 is 0 Å². The molecule has 0 saturated carbocycles. The molecule has 1 amide bonds. The standard InChI is InChI=1S/C13H13NO2/c1-14-13(15)16-9-11-7-4-6-10-5-2-3-8-12(10)11/h2-8H,9H2,1H3,(H,14,15). The molecule has 0 fully saturated rings. The highest BCUT2D eigenvalue weighted by atomic mass is 16.5. The average Bonchev–Trinajstić information content (AvgIpc) is 2.35. The Balaban J connectivity index is 2.27. The molecule has 0 bridgehead atoms. The topological polar surface area (TPSA) is 38.3 Å².